The fourth-order valence-electron chi connectivity index (χ4n) is 3.08. The maximum absolute atomic E-state index is 12.0. The van der Waals surface area contributed by atoms with Gasteiger partial charge in [-0.05, 0) is 61.4 Å². The van der Waals surface area contributed by atoms with Crippen molar-refractivity contribution in [2.24, 2.45) is 0 Å². The molecule has 0 unspecified atom stereocenters. The largest absolute Gasteiger partial charge is 0.451 e. The van der Waals surface area contributed by atoms with Crippen molar-refractivity contribution in [1.29, 1.82) is 0 Å². The van der Waals surface area contributed by atoms with Gasteiger partial charge in [0.15, 0.2) is 6.61 Å². The zero-order valence-electron chi connectivity index (χ0n) is 14.3. The van der Waals surface area contributed by atoms with Gasteiger partial charge in [-0.15, -0.1) is 0 Å². The molecule has 1 aromatic carbocycles. The molecule has 0 saturated carbocycles. The van der Waals surface area contributed by atoms with Crippen molar-refractivity contribution in [3.63, 3.8) is 0 Å². The van der Waals surface area contributed by atoms with E-state index in [2.05, 4.69) is 28.5 Å². The Morgan fingerprint density at radius 2 is 1.96 bits per heavy atom. The number of aryl methyl sites for hydroxylation is 2. The molecule has 1 heterocycles. The highest BCUT2D eigenvalue weighted by Gasteiger charge is 2.16. The summed E-state index contributed by atoms with van der Waals surface area (Å²) in [5.41, 5.74) is 4.06. The summed E-state index contributed by atoms with van der Waals surface area (Å²) < 4.78 is 5.00. The molecule has 1 aliphatic carbocycles. The number of carbonyl (C=O) groups excluding carboxylic acids is 2. The average Bonchev–Trinajstić information content (AvgIpc) is 2.66. The monoisotopic (exact) mass is 338 g/mol. The van der Waals surface area contributed by atoms with Gasteiger partial charge >= 0.3 is 5.97 Å². The number of ether oxygens (including phenoxy) is 1. The SMILES string of the molecule is C[C@H](NC(=O)COC(=O)c1ccccn1)c1ccc2c(c1)CCCC2. The number of nitrogens with one attached hydrogen (secondary N) is 1. The van der Waals surface area contributed by atoms with Crippen molar-refractivity contribution in [2.45, 2.75) is 38.6 Å². The number of pyridine rings is 1. The first-order chi connectivity index (χ1) is 12.1. The summed E-state index contributed by atoms with van der Waals surface area (Å²) in [4.78, 5) is 27.7. The molecule has 1 aliphatic rings. The molecule has 0 radical (unpaired) electrons. The molecule has 1 N–H and O–H groups in total. The van der Waals surface area contributed by atoms with E-state index in [-0.39, 0.29) is 24.2 Å². The minimum atomic E-state index is -0.600. The Bertz CT molecular complexity index is 759. The Labute approximate surface area is 147 Å². The summed E-state index contributed by atoms with van der Waals surface area (Å²) in [6, 6.07) is 11.2. The summed E-state index contributed by atoms with van der Waals surface area (Å²) in [6.45, 7) is 1.62. The van der Waals surface area contributed by atoms with Crippen LogP contribution in [0.1, 0.15) is 53.0 Å². The van der Waals surface area contributed by atoms with Crippen LogP contribution in [0.15, 0.2) is 42.6 Å². The van der Waals surface area contributed by atoms with Crippen LogP contribution in [0.5, 0.6) is 0 Å². The van der Waals surface area contributed by atoms with Gasteiger partial charge in [0.2, 0.25) is 0 Å². The molecule has 25 heavy (non-hydrogen) atoms. The Morgan fingerprint density at radius 3 is 2.72 bits per heavy atom. The molecule has 130 valence electrons. The third-order valence-corrected chi connectivity index (χ3v) is 4.46. The predicted octanol–water partition coefficient (Wildman–Crippen LogP) is 2.99. The van der Waals surface area contributed by atoms with Crippen LogP contribution in [-0.2, 0) is 22.4 Å². The quantitative estimate of drug-likeness (QED) is 0.851. The molecule has 1 amide bonds. The first kappa shape index (κ1) is 17.1. The maximum atomic E-state index is 12.0. The zero-order chi connectivity index (χ0) is 17.6. The first-order valence-electron chi connectivity index (χ1n) is 8.62. The van der Waals surface area contributed by atoms with Crippen molar-refractivity contribution in [3.05, 3.63) is 65.0 Å². The third kappa shape index (κ3) is 4.44. The van der Waals surface area contributed by atoms with Crippen LogP contribution >= 0.6 is 0 Å². The molecular weight excluding hydrogens is 316 g/mol. The summed E-state index contributed by atoms with van der Waals surface area (Å²) in [6.07, 6.45) is 6.22. The smallest absolute Gasteiger partial charge is 0.357 e. The molecular formula is C20H22N2O3. The fourth-order valence-corrected chi connectivity index (χ4v) is 3.08. The summed E-state index contributed by atoms with van der Waals surface area (Å²) in [5.74, 6) is -0.924. The van der Waals surface area contributed by atoms with Crippen molar-refractivity contribution in [2.75, 3.05) is 6.61 Å². The van der Waals surface area contributed by atoms with Gasteiger partial charge in [-0.3, -0.25) is 4.79 Å². The van der Waals surface area contributed by atoms with Crippen LogP contribution in [0.4, 0.5) is 0 Å². The zero-order valence-corrected chi connectivity index (χ0v) is 14.3. The molecule has 0 spiro atoms. The lowest BCUT2D eigenvalue weighted by Gasteiger charge is -2.20. The van der Waals surface area contributed by atoms with Crippen LogP contribution in [0, 0.1) is 0 Å². The fraction of sp³-hybridized carbons (Fsp3) is 0.350. The van der Waals surface area contributed by atoms with Crippen LogP contribution in [0.2, 0.25) is 0 Å². The summed E-state index contributed by atoms with van der Waals surface area (Å²) >= 11 is 0. The molecule has 1 atom stereocenters. The van der Waals surface area contributed by atoms with Crippen LogP contribution in [0.25, 0.3) is 0 Å². The van der Waals surface area contributed by atoms with E-state index < -0.39 is 5.97 Å². The second-order valence-electron chi connectivity index (χ2n) is 6.32. The van der Waals surface area contributed by atoms with E-state index in [9.17, 15) is 9.59 Å². The van der Waals surface area contributed by atoms with Crippen molar-refractivity contribution >= 4 is 11.9 Å². The predicted molar refractivity (Wildman–Crippen MR) is 94.2 cm³/mol. The molecule has 0 saturated heterocycles. The molecule has 2 aromatic rings. The van der Waals surface area contributed by atoms with Gasteiger partial charge in [0.1, 0.15) is 5.69 Å². The van der Waals surface area contributed by atoms with Crippen molar-refractivity contribution in [3.8, 4) is 0 Å². The number of hydrogen-bond acceptors (Lipinski definition) is 4. The lowest BCUT2D eigenvalue weighted by atomic mass is 9.89. The highest BCUT2D eigenvalue weighted by molar-refractivity contribution is 5.89. The van der Waals surface area contributed by atoms with Gasteiger partial charge < -0.3 is 10.1 Å². The molecule has 0 aliphatic heterocycles. The van der Waals surface area contributed by atoms with Gasteiger partial charge in [-0.25, -0.2) is 9.78 Å². The van der Waals surface area contributed by atoms with Gasteiger partial charge in [0.05, 0.1) is 6.04 Å². The molecule has 1 aromatic heterocycles. The number of hydrogen-bond donors (Lipinski definition) is 1. The average molecular weight is 338 g/mol. The van der Waals surface area contributed by atoms with Crippen molar-refractivity contribution < 1.29 is 14.3 Å². The van der Waals surface area contributed by atoms with Gasteiger partial charge in [0, 0.05) is 6.20 Å². The number of benzene rings is 1. The number of rotatable bonds is 5. The topological polar surface area (TPSA) is 68.3 Å². The maximum Gasteiger partial charge on any atom is 0.357 e. The Balaban J connectivity index is 1.53. The number of fused-ring (bicyclic) bond motifs is 1. The van der Waals surface area contributed by atoms with E-state index in [0.717, 1.165) is 18.4 Å². The summed E-state index contributed by atoms with van der Waals surface area (Å²) in [7, 11) is 0. The van der Waals surface area contributed by atoms with Crippen LogP contribution in [0.3, 0.4) is 0 Å². The number of aromatic nitrogens is 1. The minimum absolute atomic E-state index is 0.131. The first-order valence-corrected chi connectivity index (χ1v) is 8.62. The molecule has 0 fully saturated rings. The number of amides is 1. The Hall–Kier alpha value is -2.69. The number of nitrogens with zero attached hydrogens (tertiary/aromatic N) is 1. The number of carbonyl (C=O) groups is 2. The molecule has 5 nitrogen and oxygen atoms in total. The molecule has 3 rings (SSSR count). The van der Waals surface area contributed by atoms with E-state index in [4.69, 9.17) is 4.74 Å². The standard InChI is InChI=1S/C20H22N2O3/c1-14(16-10-9-15-6-2-3-7-17(15)12-16)22-19(23)13-25-20(24)18-8-4-5-11-21-18/h4-5,8-12,14H,2-3,6-7,13H2,1H3,(H,22,23)/t14-/m0/s1. The van der Waals surface area contributed by atoms with Gasteiger partial charge in [-0.1, -0.05) is 24.3 Å². The summed E-state index contributed by atoms with van der Waals surface area (Å²) in [5, 5.41) is 2.87. The lowest BCUT2D eigenvalue weighted by Crippen LogP contribution is -2.31. The second-order valence-corrected chi connectivity index (χ2v) is 6.32. The van der Waals surface area contributed by atoms with E-state index in [1.807, 2.05) is 6.92 Å². The van der Waals surface area contributed by atoms with Crippen molar-refractivity contribution in [1.82, 2.24) is 10.3 Å². The highest BCUT2D eigenvalue weighted by Crippen LogP contribution is 2.24. The second kappa shape index (κ2) is 7.92. The van der Waals surface area contributed by atoms with E-state index in [1.54, 1.807) is 18.2 Å². The highest BCUT2D eigenvalue weighted by atomic mass is 16.5. The number of esters is 1. The van der Waals surface area contributed by atoms with Gasteiger partial charge in [0.25, 0.3) is 5.91 Å². The normalized spacial score (nSPS) is 14.3. The van der Waals surface area contributed by atoms with Gasteiger partial charge in [-0.2, -0.15) is 0 Å². The van der Waals surface area contributed by atoms with E-state index in [1.165, 1.54) is 30.2 Å². The Kier molecular flexibility index (Phi) is 5.43. The van der Waals surface area contributed by atoms with E-state index >= 15 is 0 Å². The Morgan fingerprint density at radius 1 is 1.16 bits per heavy atom. The van der Waals surface area contributed by atoms with E-state index in [0.29, 0.717) is 0 Å². The third-order valence-electron chi connectivity index (χ3n) is 4.46. The van der Waals surface area contributed by atoms with Crippen LogP contribution in [-0.4, -0.2) is 23.5 Å². The minimum Gasteiger partial charge on any atom is -0.451 e. The molecule has 5 heteroatoms. The lowest BCUT2D eigenvalue weighted by molar-refractivity contribution is -0.124. The molecule has 0 bridgehead atoms. The van der Waals surface area contributed by atoms with Crippen LogP contribution < -0.4 is 5.32 Å².